The van der Waals surface area contributed by atoms with E-state index < -0.39 is 6.10 Å². The standard InChI is InChI=1S/C63H94O6/c1-4-7-10-13-16-19-22-25-27-29-31-33-35-38-41-44-47-50-53-56-62(65)68-59-60(58-67-61(64)55-52-49-46-43-40-37-24-21-18-15-12-9-6-3)69-63(66)57-54-51-48-45-42-39-36-34-32-30-28-26-23-20-17-14-11-8-5-2/h7,9-10,12-13,15-27,29,31,33,35,37-38,40-41,43,46,60H,4-6,8,11,14,28,30,32,34,36,39,42,44-45,47-59H2,1-3H3/b10-7+,12-9+,16-13+,18-15+,20-17+,22-19+,24-21+,26-23+,27-25+,31-29+,35-33+,40-37+,41-38+,46-43+. The van der Waals surface area contributed by atoms with Crippen LogP contribution >= 0.6 is 0 Å². The van der Waals surface area contributed by atoms with Gasteiger partial charge in [-0.25, -0.2) is 0 Å². The van der Waals surface area contributed by atoms with E-state index >= 15 is 0 Å². The van der Waals surface area contributed by atoms with Crippen LogP contribution in [0.3, 0.4) is 0 Å². The van der Waals surface area contributed by atoms with Crippen molar-refractivity contribution < 1.29 is 28.6 Å². The minimum atomic E-state index is -0.838. The summed E-state index contributed by atoms with van der Waals surface area (Å²) in [5.74, 6) is -1.07. The number of unbranched alkanes of at least 4 members (excludes halogenated alkanes) is 17. The van der Waals surface area contributed by atoms with E-state index in [1.165, 1.54) is 70.6 Å². The number of allylic oxidation sites excluding steroid dienone is 28. The van der Waals surface area contributed by atoms with E-state index in [0.717, 1.165) is 64.2 Å². The van der Waals surface area contributed by atoms with Crippen molar-refractivity contribution in [1.82, 2.24) is 0 Å². The first-order valence-electron chi connectivity index (χ1n) is 26.8. The summed E-state index contributed by atoms with van der Waals surface area (Å²) in [4.78, 5) is 38.0. The molecule has 0 bridgehead atoms. The molecule has 1 atom stereocenters. The highest BCUT2D eigenvalue weighted by atomic mass is 16.6. The lowest BCUT2D eigenvalue weighted by Crippen LogP contribution is -2.30. The summed E-state index contributed by atoms with van der Waals surface area (Å²) in [6, 6.07) is 0. The van der Waals surface area contributed by atoms with Gasteiger partial charge in [0.2, 0.25) is 0 Å². The predicted molar refractivity (Wildman–Crippen MR) is 297 cm³/mol. The van der Waals surface area contributed by atoms with Crippen molar-refractivity contribution in [2.45, 2.75) is 194 Å². The third-order valence-electron chi connectivity index (χ3n) is 10.5. The molecule has 0 aromatic carbocycles. The summed E-state index contributed by atoms with van der Waals surface area (Å²) < 4.78 is 16.7. The van der Waals surface area contributed by atoms with Crippen LogP contribution in [-0.2, 0) is 28.6 Å². The minimum absolute atomic E-state index is 0.135. The van der Waals surface area contributed by atoms with Gasteiger partial charge >= 0.3 is 17.9 Å². The van der Waals surface area contributed by atoms with Gasteiger partial charge in [0.05, 0.1) is 0 Å². The van der Waals surface area contributed by atoms with E-state index in [1.54, 1.807) is 0 Å². The van der Waals surface area contributed by atoms with Crippen LogP contribution in [0, 0.1) is 0 Å². The molecule has 0 aromatic rings. The zero-order valence-electron chi connectivity index (χ0n) is 43.5. The van der Waals surface area contributed by atoms with Crippen LogP contribution in [0.25, 0.3) is 0 Å². The fraction of sp³-hybridized carbons (Fsp3) is 0.508. The number of carbonyl (C=O) groups excluding carboxylic acids is 3. The number of hydrogen-bond donors (Lipinski definition) is 0. The van der Waals surface area contributed by atoms with Gasteiger partial charge < -0.3 is 14.2 Å². The van der Waals surface area contributed by atoms with E-state index in [0.29, 0.717) is 12.8 Å². The number of hydrogen-bond acceptors (Lipinski definition) is 6. The van der Waals surface area contributed by atoms with E-state index in [1.807, 2.05) is 128 Å². The van der Waals surface area contributed by atoms with Gasteiger partial charge in [-0.05, 0) is 77.0 Å². The average molecular weight is 947 g/mol. The Hall–Kier alpha value is -5.23. The second kappa shape index (κ2) is 55.4. The van der Waals surface area contributed by atoms with Crippen LogP contribution in [-0.4, -0.2) is 37.2 Å². The SMILES string of the molecule is CC/C=C/C=C/C=C/C=C/C=C/C=C/C=C/CCCCCC(=O)OCC(COC(=O)CCC/C=C/C=C/C=C/C=C/C=C/CC)OC(=O)CCCCCCCCCCCC/C=C/C=C/CCCCC. The molecule has 0 saturated heterocycles. The molecular formula is C63H94O6. The molecule has 0 fully saturated rings. The summed E-state index contributed by atoms with van der Waals surface area (Å²) in [5.41, 5.74) is 0. The Morgan fingerprint density at radius 2 is 0.580 bits per heavy atom. The first-order chi connectivity index (χ1) is 34.0. The molecule has 0 N–H and O–H groups in total. The minimum Gasteiger partial charge on any atom is -0.462 e. The number of rotatable bonds is 45. The summed E-state index contributed by atoms with van der Waals surface area (Å²) in [6.07, 6.45) is 82.0. The molecule has 6 nitrogen and oxygen atoms in total. The Morgan fingerprint density at radius 1 is 0.304 bits per heavy atom. The maximum atomic E-state index is 12.8. The second-order valence-electron chi connectivity index (χ2n) is 17.0. The molecule has 0 aliphatic rings. The highest BCUT2D eigenvalue weighted by Crippen LogP contribution is 2.14. The zero-order chi connectivity index (χ0) is 50.0. The van der Waals surface area contributed by atoms with Crippen LogP contribution in [0.1, 0.15) is 188 Å². The molecule has 1 unspecified atom stereocenters. The monoisotopic (exact) mass is 947 g/mol. The fourth-order valence-corrected chi connectivity index (χ4v) is 6.56. The molecule has 6 heteroatoms. The van der Waals surface area contributed by atoms with Crippen LogP contribution < -0.4 is 0 Å². The molecule has 0 spiro atoms. The van der Waals surface area contributed by atoms with E-state index in [9.17, 15) is 14.4 Å². The Labute approximate surface area is 422 Å². The summed E-state index contributed by atoms with van der Waals surface area (Å²) in [7, 11) is 0. The van der Waals surface area contributed by atoms with Crippen molar-refractivity contribution >= 4 is 17.9 Å². The molecule has 0 aliphatic heterocycles. The summed E-state index contributed by atoms with van der Waals surface area (Å²) in [5, 5.41) is 0. The van der Waals surface area contributed by atoms with Crippen LogP contribution in [0.15, 0.2) is 170 Å². The van der Waals surface area contributed by atoms with Crippen molar-refractivity contribution in [2.75, 3.05) is 13.2 Å². The average Bonchev–Trinajstić information content (AvgIpc) is 3.35. The lowest BCUT2D eigenvalue weighted by Gasteiger charge is -2.18. The zero-order valence-corrected chi connectivity index (χ0v) is 43.5. The molecule has 69 heavy (non-hydrogen) atoms. The predicted octanol–water partition coefficient (Wildman–Crippen LogP) is 18.0. The highest BCUT2D eigenvalue weighted by molar-refractivity contribution is 5.71. The molecule has 0 saturated carbocycles. The lowest BCUT2D eigenvalue weighted by molar-refractivity contribution is -0.167. The largest absolute Gasteiger partial charge is 0.462 e. The third-order valence-corrected chi connectivity index (χ3v) is 10.5. The van der Waals surface area contributed by atoms with Crippen molar-refractivity contribution in [2.24, 2.45) is 0 Å². The number of ether oxygens (including phenoxy) is 3. The molecule has 382 valence electrons. The Bertz CT molecular complexity index is 1650. The van der Waals surface area contributed by atoms with Gasteiger partial charge in [-0.1, -0.05) is 262 Å². The lowest BCUT2D eigenvalue weighted by atomic mass is 10.1. The first kappa shape index (κ1) is 63.8. The topological polar surface area (TPSA) is 78.9 Å². The van der Waals surface area contributed by atoms with Gasteiger partial charge in [0, 0.05) is 19.3 Å². The molecular weight excluding hydrogens is 853 g/mol. The fourth-order valence-electron chi connectivity index (χ4n) is 6.56. The van der Waals surface area contributed by atoms with Gasteiger partial charge in [0.1, 0.15) is 13.2 Å². The van der Waals surface area contributed by atoms with Gasteiger partial charge in [-0.2, -0.15) is 0 Å². The number of esters is 3. The molecule has 0 aromatic heterocycles. The number of carbonyl (C=O) groups is 3. The molecule has 0 radical (unpaired) electrons. The Balaban J connectivity index is 4.60. The normalized spacial score (nSPS) is 13.5. The van der Waals surface area contributed by atoms with Crippen molar-refractivity contribution in [3.8, 4) is 0 Å². The summed E-state index contributed by atoms with van der Waals surface area (Å²) >= 11 is 0. The van der Waals surface area contributed by atoms with Gasteiger partial charge in [-0.3, -0.25) is 14.4 Å². The molecule has 0 amide bonds. The molecule has 0 rings (SSSR count). The van der Waals surface area contributed by atoms with Crippen molar-refractivity contribution in [1.29, 1.82) is 0 Å². The van der Waals surface area contributed by atoms with Crippen molar-refractivity contribution in [3.63, 3.8) is 0 Å². The van der Waals surface area contributed by atoms with Gasteiger partial charge in [0.15, 0.2) is 6.10 Å². The smallest absolute Gasteiger partial charge is 0.306 e. The summed E-state index contributed by atoms with van der Waals surface area (Å²) in [6.45, 7) is 6.19. The van der Waals surface area contributed by atoms with Gasteiger partial charge in [0.25, 0.3) is 0 Å². The van der Waals surface area contributed by atoms with Crippen LogP contribution in [0.2, 0.25) is 0 Å². The van der Waals surface area contributed by atoms with E-state index in [4.69, 9.17) is 14.2 Å². The van der Waals surface area contributed by atoms with Crippen LogP contribution in [0.4, 0.5) is 0 Å². The van der Waals surface area contributed by atoms with E-state index in [2.05, 4.69) is 63.3 Å². The van der Waals surface area contributed by atoms with Crippen LogP contribution in [0.5, 0.6) is 0 Å². The molecule has 0 aliphatic carbocycles. The van der Waals surface area contributed by atoms with Crippen molar-refractivity contribution in [3.05, 3.63) is 170 Å². The molecule has 0 heterocycles. The quantitative estimate of drug-likeness (QED) is 0.0262. The highest BCUT2D eigenvalue weighted by Gasteiger charge is 2.19. The second-order valence-corrected chi connectivity index (χ2v) is 17.0. The third kappa shape index (κ3) is 53.6. The first-order valence-corrected chi connectivity index (χ1v) is 26.8. The maximum Gasteiger partial charge on any atom is 0.306 e. The Kier molecular flexibility index (Phi) is 51.2. The van der Waals surface area contributed by atoms with E-state index in [-0.39, 0.29) is 50.4 Å². The van der Waals surface area contributed by atoms with Gasteiger partial charge in [-0.15, -0.1) is 0 Å². The Morgan fingerprint density at radius 3 is 0.971 bits per heavy atom. The maximum absolute atomic E-state index is 12.8.